The highest BCUT2D eigenvalue weighted by atomic mass is 16.2. The molecule has 5 nitrogen and oxygen atoms in total. The highest BCUT2D eigenvalue weighted by Crippen LogP contribution is 2.26. The van der Waals surface area contributed by atoms with Gasteiger partial charge < -0.3 is 5.32 Å². The van der Waals surface area contributed by atoms with E-state index >= 15 is 0 Å². The van der Waals surface area contributed by atoms with E-state index in [4.69, 9.17) is 0 Å². The van der Waals surface area contributed by atoms with Gasteiger partial charge in [0.1, 0.15) is 0 Å². The Morgan fingerprint density at radius 1 is 0.970 bits per heavy atom. The van der Waals surface area contributed by atoms with Crippen molar-refractivity contribution in [1.29, 1.82) is 0 Å². The van der Waals surface area contributed by atoms with Crippen molar-refractivity contribution in [1.82, 2.24) is 5.43 Å². The van der Waals surface area contributed by atoms with Gasteiger partial charge in [-0.2, -0.15) is 5.10 Å². The Morgan fingerprint density at radius 3 is 2.12 bits per heavy atom. The number of hydrogen-bond acceptors (Lipinski definition) is 3. The van der Waals surface area contributed by atoms with Crippen LogP contribution in [-0.4, -0.2) is 17.5 Å². The zero-order valence-corrected chi connectivity index (χ0v) is 20.2. The molecule has 0 heterocycles. The fraction of sp³-hybridized carbons (Fsp3) is 0.321. The highest BCUT2D eigenvalue weighted by molar-refractivity contribution is 6.05. The first-order chi connectivity index (χ1) is 15.5. The smallest absolute Gasteiger partial charge is 0.271 e. The van der Waals surface area contributed by atoms with Gasteiger partial charge in [0, 0.05) is 16.8 Å². The molecule has 1 atom stereocenters. The lowest BCUT2D eigenvalue weighted by atomic mass is 9.85. The summed E-state index contributed by atoms with van der Waals surface area (Å²) < 4.78 is 0. The van der Waals surface area contributed by atoms with Crippen LogP contribution in [0.15, 0.2) is 77.4 Å². The molecule has 0 aliphatic heterocycles. The zero-order chi connectivity index (χ0) is 24.2. The summed E-state index contributed by atoms with van der Waals surface area (Å²) in [4.78, 5) is 25.1. The molecule has 33 heavy (non-hydrogen) atoms. The second-order valence-electron chi connectivity index (χ2n) is 9.73. The molecule has 0 radical (unpaired) electrons. The van der Waals surface area contributed by atoms with Crippen molar-refractivity contribution in [3.05, 3.63) is 89.0 Å². The Labute approximate surface area is 196 Å². The molecule has 0 fully saturated rings. The molecule has 0 saturated carbocycles. The van der Waals surface area contributed by atoms with E-state index in [0.29, 0.717) is 22.7 Å². The number of amides is 2. The molecule has 2 N–H and O–H groups in total. The number of rotatable bonds is 5. The summed E-state index contributed by atoms with van der Waals surface area (Å²) in [6.45, 7) is 14.5. The summed E-state index contributed by atoms with van der Waals surface area (Å²) >= 11 is 0. The maximum Gasteiger partial charge on any atom is 0.271 e. The Balaban J connectivity index is 1.61. The van der Waals surface area contributed by atoms with Crippen molar-refractivity contribution in [2.45, 2.75) is 52.9 Å². The summed E-state index contributed by atoms with van der Waals surface area (Å²) in [5, 5.41) is 7.22. The van der Waals surface area contributed by atoms with Gasteiger partial charge in [-0.05, 0) is 85.6 Å². The van der Waals surface area contributed by atoms with Crippen molar-refractivity contribution >= 4 is 23.2 Å². The summed E-state index contributed by atoms with van der Waals surface area (Å²) in [6, 6.07) is 14.4. The van der Waals surface area contributed by atoms with E-state index in [1.807, 2.05) is 38.1 Å². The van der Waals surface area contributed by atoms with E-state index < -0.39 is 0 Å². The van der Waals surface area contributed by atoms with Crippen LogP contribution in [0.25, 0.3) is 0 Å². The van der Waals surface area contributed by atoms with Crippen LogP contribution in [0.1, 0.15) is 73.7 Å². The average molecular weight is 444 g/mol. The van der Waals surface area contributed by atoms with Gasteiger partial charge in [-0.1, -0.05) is 51.1 Å². The third-order valence-electron chi connectivity index (χ3n) is 6.01. The van der Waals surface area contributed by atoms with Gasteiger partial charge in [0.05, 0.1) is 5.71 Å². The van der Waals surface area contributed by atoms with Crippen molar-refractivity contribution in [3.8, 4) is 0 Å². The predicted molar refractivity (Wildman–Crippen MR) is 136 cm³/mol. The van der Waals surface area contributed by atoms with E-state index in [1.165, 1.54) is 5.56 Å². The van der Waals surface area contributed by atoms with Crippen LogP contribution in [0.5, 0.6) is 0 Å². The number of anilines is 1. The number of carbonyl (C=O) groups is 2. The van der Waals surface area contributed by atoms with Gasteiger partial charge >= 0.3 is 0 Å². The normalized spacial score (nSPS) is 17.3. The molecular formula is C28H33N3O2. The van der Waals surface area contributed by atoms with Gasteiger partial charge in [-0.15, -0.1) is 0 Å². The number of nitrogens with one attached hydrogen (secondary N) is 2. The number of benzene rings is 2. The maximum absolute atomic E-state index is 12.6. The molecule has 2 amide bonds. The fourth-order valence-corrected chi connectivity index (χ4v) is 3.64. The highest BCUT2D eigenvalue weighted by Gasteiger charge is 2.19. The summed E-state index contributed by atoms with van der Waals surface area (Å²) in [7, 11) is 0. The third-order valence-corrected chi connectivity index (χ3v) is 6.01. The minimum absolute atomic E-state index is 0.0362. The minimum atomic E-state index is -0.289. The maximum atomic E-state index is 12.6. The van der Waals surface area contributed by atoms with E-state index in [9.17, 15) is 9.59 Å². The molecule has 5 heteroatoms. The van der Waals surface area contributed by atoms with E-state index in [1.54, 1.807) is 24.3 Å². The van der Waals surface area contributed by atoms with Crippen molar-refractivity contribution in [3.63, 3.8) is 0 Å². The molecule has 1 unspecified atom stereocenters. The van der Waals surface area contributed by atoms with Gasteiger partial charge in [0.25, 0.3) is 11.8 Å². The van der Waals surface area contributed by atoms with Crippen LogP contribution in [0.2, 0.25) is 0 Å². The van der Waals surface area contributed by atoms with Crippen LogP contribution < -0.4 is 10.7 Å². The predicted octanol–water partition coefficient (Wildman–Crippen LogP) is 6.25. The quantitative estimate of drug-likeness (QED) is 0.423. The summed E-state index contributed by atoms with van der Waals surface area (Å²) in [5.41, 5.74) is 8.64. The minimum Gasteiger partial charge on any atom is -0.322 e. The van der Waals surface area contributed by atoms with Crippen LogP contribution in [-0.2, 0) is 5.41 Å². The molecule has 3 rings (SSSR count). The first-order valence-electron chi connectivity index (χ1n) is 11.3. The summed E-state index contributed by atoms with van der Waals surface area (Å²) in [5.74, 6) is -0.119. The van der Waals surface area contributed by atoms with Crippen LogP contribution in [0.4, 0.5) is 5.69 Å². The SMILES string of the molecule is C=C(C)C1CC=C(C)/C(=N/NC(=O)c2ccc(NC(=O)c3ccc(C(C)(C)C)cc3)cc2)C1. The molecule has 2 aromatic rings. The second-order valence-corrected chi connectivity index (χ2v) is 9.73. The molecule has 0 aromatic heterocycles. The molecule has 2 aromatic carbocycles. The van der Waals surface area contributed by atoms with Crippen LogP contribution in [0.3, 0.4) is 0 Å². The molecule has 172 valence electrons. The van der Waals surface area contributed by atoms with E-state index in [2.05, 4.69) is 49.3 Å². The molecule has 0 saturated heterocycles. The number of carbonyl (C=O) groups excluding carboxylic acids is 2. The largest absolute Gasteiger partial charge is 0.322 e. The van der Waals surface area contributed by atoms with Crippen molar-refractivity contribution < 1.29 is 9.59 Å². The second kappa shape index (κ2) is 9.99. The van der Waals surface area contributed by atoms with Gasteiger partial charge in [-0.25, -0.2) is 5.43 Å². The van der Waals surface area contributed by atoms with Crippen molar-refractivity contribution in [2.75, 3.05) is 5.32 Å². The number of hydrazone groups is 1. The average Bonchev–Trinajstić information content (AvgIpc) is 2.78. The number of nitrogens with zero attached hydrogens (tertiary/aromatic N) is 1. The first kappa shape index (κ1) is 24.2. The fourth-order valence-electron chi connectivity index (χ4n) is 3.64. The molecule has 1 aliphatic carbocycles. The number of hydrogen-bond donors (Lipinski definition) is 2. The monoisotopic (exact) mass is 443 g/mol. The Bertz CT molecular complexity index is 1100. The number of allylic oxidation sites excluding steroid dienone is 3. The topological polar surface area (TPSA) is 70.6 Å². The lowest BCUT2D eigenvalue weighted by molar-refractivity contribution is 0.0954. The molecule has 0 spiro atoms. The van der Waals surface area contributed by atoms with Gasteiger partial charge in [0.15, 0.2) is 0 Å². The Morgan fingerprint density at radius 2 is 1.55 bits per heavy atom. The van der Waals surface area contributed by atoms with Crippen LogP contribution >= 0.6 is 0 Å². The molecule has 0 bridgehead atoms. The van der Waals surface area contributed by atoms with Gasteiger partial charge in [0.2, 0.25) is 0 Å². The Kier molecular flexibility index (Phi) is 7.32. The van der Waals surface area contributed by atoms with Gasteiger partial charge in [-0.3, -0.25) is 9.59 Å². The zero-order valence-electron chi connectivity index (χ0n) is 20.2. The summed E-state index contributed by atoms with van der Waals surface area (Å²) in [6.07, 6.45) is 3.88. The van der Waals surface area contributed by atoms with E-state index in [-0.39, 0.29) is 17.2 Å². The lowest BCUT2D eigenvalue weighted by Crippen LogP contribution is -2.23. The standard InChI is InChI=1S/C28H33N3O2/c1-18(2)22-8-7-19(3)25(17-22)30-31-27(33)21-11-15-24(16-12-21)29-26(32)20-9-13-23(14-10-20)28(4,5)6/h7,9-16,22H,1,8,17H2,2-6H3,(H,29,32)(H,31,33)/b30-25+. The van der Waals surface area contributed by atoms with Crippen LogP contribution in [0, 0.1) is 5.92 Å². The van der Waals surface area contributed by atoms with Crippen molar-refractivity contribution in [2.24, 2.45) is 11.0 Å². The molecule has 1 aliphatic rings. The molecular weight excluding hydrogens is 410 g/mol. The Hall–Kier alpha value is -3.47. The third kappa shape index (κ3) is 6.28. The first-order valence-corrected chi connectivity index (χ1v) is 11.3. The van der Waals surface area contributed by atoms with E-state index in [0.717, 1.165) is 29.7 Å². The lowest BCUT2D eigenvalue weighted by Gasteiger charge is -2.22.